The molecule has 0 saturated carbocycles. The largest absolute Gasteiger partial charge is 0.480 e. The van der Waals surface area contributed by atoms with Gasteiger partial charge in [0.1, 0.15) is 6.04 Å². The fourth-order valence-corrected chi connectivity index (χ4v) is 2.10. The third-order valence-electron chi connectivity index (χ3n) is 3.04. The number of H-pyrrole nitrogens is 1. The van der Waals surface area contributed by atoms with Gasteiger partial charge in [0.2, 0.25) is 0 Å². The molecular weight excluding hydrogens is 250 g/mol. The zero-order chi connectivity index (χ0) is 14.2. The molecule has 19 heavy (non-hydrogen) atoms. The van der Waals surface area contributed by atoms with Crippen molar-refractivity contribution < 1.29 is 14.8 Å². The van der Waals surface area contributed by atoms with Crippen LogP contribution in [0, 0.1) is 17.0 Å². The minimum atomic E-state index is -1.13. The van der Waals surface area contributed by atoms with E-state index < -0.39 is 16.9 Å². The number of rotatable bonds is 4. The first kappa shape index (κ1) is 13.0. The molecule has 2 aromatic rings. The van der Waals surface area contributed by atoms with Crippen LogP contribution < -0.4 is 5.73 Å². The van der Waals surface area contributed by atoms with Crippen molar-refractivity contribution in [2.75, 3.05) is 0 Å². The van der Waals surface area contributed by atoms with Crippen molar-refractivity contribution >= 4 is 22.6 Å². The number of nitro groups is 1. The molecule has 0 amide bonds. The highest BCUT2D eigenvalue weighted by molar-refractivity contribution is 5.93. The van der Waals surface area contributed by atoms with Gasteiger partial charge >= 0.3 is 5.97 Å². The van der Waals surface area contributed by atoms with Crippen molar-refractivity contribution in [3.8, 4) is 0 Å². The fourth-order valence-electron chi connectivity index (χ4n) is 2.10. The van der Waals surface area contributed by atoms with E-state index in [2.05, 4.69) is 4.98 Å². The summed E-state index contributed by atoms with van der Waals surface area (Å²) < 4.78 is 0. The molecule has 0 bridgehead atoms. The van der Waals surface area contributed by atoms with Gasteiger partial charge in [-0.1, -0.05) is 6.07 Å². The van der Waals surface area contributed by atoms with E-state index in [1.165, 1.54) is 0 Å². The summed E-state index contributed by atoms with van der Waals surface area (Å²) in [5.41, 5.74) is 7.15. The highest BCUT2D eigenvalue weighted by Crippen LogP contribution is 2.32. The van der Waals surface area contributed by atoms with Gasteiger partial charge in [0, 0.05) is 18.2 Å². The van der Waals surface area contributed by atoms with Crippen LogP contribution in [0.5, 0.6) is 0 Å². The maximum absolute atomic E-state index is 11.1. The molecule has 1 atom stereocenters. The number of carboxylic acids is 1. The number of nitrogens with two attached hydrogens (primary N) is 1. The van der Waals surface area contributed by atoms with Gasteiger partial charge in [0.25, 0.3) is 5.69 Å². The second-order valence-corrected chi connectivity index (χ2v) is 4.37. The van der Waals surface area contributed by atoms with E-state index in [9.17, 15) is 14.9 Å². The first-order valence-electron chi connectivity index (χ1n) is 5.64. The zero-order valence-electron chi connectivity index (χ0n) is 10.2. The van der Waals surface area contributed by atoms with Gasteiger partial charge in [-0.2, -0.15) is 0 Å². The molecule has 0 aliphatic heterocycles. The summed E-state index contributed by atoms with van der Waals surface area (Å²) in [6.07, 6.45) is 1.61. The standard InChI is InChI=1S/C12H13N3O4/c1-6-2-3-9-10(11(6)15(18)19)7(5-14-9)4-8(13)12(16)17/h2-3,5,8,14H,4,13H2,1H3,(H,16,17). The van der Waals surface area contributed by atoms with Gasteiger partial charge in [-0.25, -0.2) is 0 Å². The number of carboxylic acid groups (broad SMARTS) is 1. The van der Waals surface area contributed by atoms with Crippen LogP contribution in [0.2, 0.25) is 0 Å². The molecule has 0 saturated heterocycles. The lowest BCUT2D eigenvalue weighted by Gasteiger charge is -2.06. The molecule has 1 unspecified atom stereocenters. The Morgan fingerprint density at radius 2 is 2.26 bits per heavy atom. The number of nitrogens with zero attached hydrogens (tertiary/aromatic N) is 1. The van der Waals surface area contributed by atoms with Crippen LogP contribution in [0.3, 0.4) is 0 Å². The fraction of sp³-hybridized carbons (Fsp3) is 0.250. The summed E-state index contributed by atoms with van der Waals surface area (Å²) in [6, 6.07) is 2.30. The normalized spacial score (nSPS) is 12.5. The van der Waals surface area contributed by atoms with E-state index in [0.29, 0.717) is 22.0 Å². The maximum atomic E-state index is 11.1. The predicted molar refractivity (Wildman–Crippen MR) is 69.0 cm³/mol. The first-order valence-corrected chi connectivity index (χ1v) is 5.64. The number of aromatic nitrogens is 1. The summed E-state index contributed by atoms with van der Waals surface area (Å²) in [6.45, 7) is 1.64. The minimum Gasteiger partial charge on any atom is -0.480 e. The summed E-state index contributed by atoms with van der Waals surface area (Å²) in [5, 5.41) is 20.4. The second-order valence-electron chi connectivity index (χ2n) is 4.37. The van der Waals surface area contributed by atoms with Crippen LogP contribution in [0.25, 0.3) is 10.9 Å². The average Bonchev–Trinajstić information content (AvgIpc) is 2.71. The molecule has 1 aromatic heterocycles. The van der Waals surface area contributed by atoms with Crippen molar-refractivity contribution in [3.63, 3.8) is 0 Å². The number of aliphatic carboxylic acids is 1. The highest BCUT2D eigenvalue weighted by Gasteiger charge is 2.22. The average molecular weight is 263 g/mol. The van der Waals surface area contributed by atoms with Gasteiger partial charge in [0.05, 0.1) is 15.8 Å². The van der Waals surface area contributed by atoms with E-state index in [1.54, 1.807) is 25.3 Å². The predicted octanol–water partition coefficient (Wildman–Crippen LogP) is 1.34. The number of fused-ring (bicyclic) bond motifs is 1. The Labute approximate surface area is 108 Å². The Morgan fingerprint density at radius 1 is 1.58 bits per heavy atom. The van der Waals surface area contributed by atoms with Crippen LogP contribution in [-0.4, -0.2) is 27.0 Å². The van der Waals surface area contributed by atoms with Crippen molar-refractivity contribution in [2.24, 2.45) is 5.73 Å². The summed E-state index contributed by atoms with van der Waals surface area (Å²) >= 11 is 0. The summed E-state index contributed by atoms with van der Waals surface area (Å²) in [4.78, 5) is 24.4. The van der Waals surface area contributed by atoms with Crippen LogP contribution >= 0.6 is 0 Å². The molecule has 7 nitrogen and oxygen atoms in total. The van der Waals surface area contributed by atoms with Crippen LogP contribution in [0.4, 0.5) is 5.69 Å². The van der Waals surface area contributed by atoms with Crippen molar-refractivity contribution in [1.29, 1.82) is 0 Å². The Balaban J connectivity index is 2.60. The topological polar surface area (TPSA) is 122 Å². The lowest BCUT2D eigenvalue weighted by Crippen LogP contribution is -2.32. The lowest BCUT2D eigenvalue weighted by molar-refractivity contribution is -0.383. The molecule has 4 N–H and O–H groups in total. The lowest BCUT2D eigenvalue weighted by atomic mass is 10.0. The third-order valence-corrected chi connectivity index (χ3v) is 3.04. The molecular formula is C12H13N3O4. The molecule has 2 rings (SSSR count). The van der Waals surface area contributed by atoms with E-state index in [1.807, 2.05) is 0 Å². The first-order chi connectivity index (χ1) is 8.91. The van der Waals surface area contributed by atoms with E-state index >= 15 is 0 Å². The van der Waals surface area contributed by atoms with Crippen LogP contribution in [0.1, 0.15) is 11.1 Å². The maximum Gasteiger partial charge on any atom is 0.320 e. The van der Waals surface area contributed by atoms with E-state index in [4.69, 9.17) is 10.8 Å². The number of nitrogens with one attached hydrogen (secondary N) is 1. The zero-order valence-corrected chi connectivity index (χ0v) is 10.2. The monoisotopic (exact) mass is 263 g/mol. The third kappa shape index (κ3) is 2.27. The number of aryl methyl sites for hydroxylation is 1. The summed E-state index contributed by atoms with van der Waals surface area (Å²) in [5.74, 6) is -1.13. The highest BCUT2D eigenvalue weighted by atomic mass is 16.6. The molecule has 7 heteroatoms. The molecule has 0 aliphatic carbocycles. The SMILES string of the molecule is Cc1ccc2[nH]cc(CC(N)C(=O)O)c2c1[N+](=O)[O-]. The van der Waals surface area contributed by atoms with Crippen LogP contribution in [-0.2, 0) is 11.2 Å². The number of hydrogen-bond donors (Lipinski definition) is 3. The number of carbonyl (C=O) groups is 1. The Bertz CT molecular complexity index is 662. The minimum absolute atomic E-state index is 0.00802. The van der Waals surface area contributed by atoms with Crippen molar-refractivity contribution in [1.82, 2.24) is 4.98 Å². The van der Waals surface area contributed by atoms with Gasteiger partial charge in [-0.3, -0.25) is 14.9 Å². The van der Waals surface area contributed by atoms with Gasteiger partial charge < -0.3 is 15.8 Å². The van der Waals surface area contributed by atoms with Gasteiger partial charge in [0.15, 0.2) is 0 Å². The molecule has 100 valence electrons. The van der Waals surface area contributed by atoms with E-state index in [-0.39, 0.29) is 12.1 Å². The number of hydrogen-bond acceptors (Lipinski definition) is 4. The molecule has 0 aliphatic rings. The smallest absolute Gasteiger partial charge is 0.320 e. The Morgan fingerprint density at radius 3 is 2.84 bits per heavy atom. The van der Waals surface area contributed by atoms with Crippen LogP contribution in [0.15, 0.2) is 18.3 Å². The van der Waals surface area contributed by atoms with Crippen molar-refractivity contribution in [2.45, 2.75) is 19.4 Å². The molecule has 1 heterocycles. The summed E-state index contributed by atoms with van der Waals surface area (Å²) in [7, 11) is 0. The number of nitro benzene ring substituents is 1. The van der Waals surface area contributed by atoms with Crippen molar-refractivity contribution in [3.05, 3.63) is 39.6 Å². The number of aromatic amines is 1. The van der Waals surface area contributed by atoms with Gasteiger partial charge in [-0.05, 0) is 18.6 Å². The quantitative estimate of drug-likeness (QED) is 0.567. The molecule has 1 aromatic carbocycles. The molecule has 0 spiro atoms. The Kier molecular flexibility index (Phi) is 3.22. The molecule has 0 fully saturated rings. The molecule has 0 radical (unpaired) electrons. The van der Waals surface area contributed by atoms with E-state index in [0.717, 1.165) is 0 Å². The number of benzene rings is 1. The second kappa shape index (κ2) is 4.69. The van der Waals surface area contributed by atoms with Gasteiger partial charge in [-0.15, -0.1) is 0 Å². The Hall–Kier alpha value is -2.41.